The van der Waals surface area contributed by atoms with Gasteiger partial charge in [0, 0.05) is 23.7 Å². The van der Waals surface area contributed by atoms with E-state index < -0.39 is 15.7 Å². The third-order valence-electron chi connectivity index (χ3n) is 3.89. The van der Waals surface area contributed by atoms with Crippen LogP contribution in [0.1, 0.15) is 15.9 Å². The molecule has 8 heteroatoms. The van der Waals surface area contributed by atoms with Gasteiger partial charge in [-0.05, 0) is 48.5 Å². The summed E-state index contributed by atoms with van der Waals surface area (Å²) in [4.78, 5) is 16.9. The average Bonchev–Trinajstić information content (AvgIpc) is 2.67. The van der Waals surface area contributed by atoms with E-state index in [9.17, 15) is 18.5 Å². The molecule has 1 heterocycles. The van der Waals surface area contributed by atoms with Crippen LogP contribution in [0.3, 0.4) is 0 Å². The highest BCUT2D eigenvalue weighted by molar-refractivity contribution is 7.90. The minimum Gasteiger partial charge on any atom is -0.322 e. The van der Waals surface area contributed by atoms with Crippen LogP contribution in [0.15, 0.2) is 65.7 Å². The molecule has 1 aromatic heterocycles. The number of halogens is 1. The van der Waals surface area contributed by atoms with Crippen LogP contribution >= 0.6 is 11.6 Å². The fourth-order valence-corrected chi connectivity index (χ4v) is 3.53. The number of hydrogen-bond acceptors (Lipinski definition) is 5. The van der Waals surface area contributed by atoms with Gasteiger partial charge < -0.3 is 5.32 Å². The first kappa shape index (κ1) is 19.5. The van der Waals surface area contributed by atoms with Crippen molar-refractivity contribution in [3.05, 3.63) is 76.9 Å². The van der Waals surface area contributed by atoms with Crippen molar-refractivity contribution in [1.29, 1.82) is 5.26 Å². The third-order valence-corrected chi connectivity index (χ3v) is 5.32. The quantitative estimate of drug-likeness (QED) is 0.701. The van der Waals surface area contributed by atoms with Crippen molar-refractivity contribution in [2.24, 2.45) is 0 Å². The number of rotatable bonds is 4. The molecule has 140 valence electrons. The van der Waals surface area contributed by atoms with Gasteiger partial charge in [-0.15, -0.1) is 0 Å². The van der Waals surface area contributed by atoms with Crippen LogP contribution in [-0.2, 0) is 9.84 Å². The molecule has 6 nitrogen and oxygen atoms in total. The van der Waals surface area contributed by atoms with E-state index in [4.69, 9.17) is 11.6 Å². The standard InChI is InChI=1S/C20H14ClN3O3S/c1-28(26,27)16-5-6-17(18(21)11-16)20(25)24-15-9-13(12-22)8-14(10-15)19-4-2-3-7-23-19/h2-11H,1H3,(H,24,25). The number of pyridine rings is 1. The summed E-state index contributed by atoms with van der Waals surface area (Å²) >= 11 is 6.09. The Morgan fingerprint density at radius 3 is 2.54 bits per heavy atom. The zero-order chi connectivity index (χ0) is 20.3. The summed E-state index contributed by atoms with van der Waals surface area (Å²) < 4.78 is 23.2. The van der Waals surface area contributed by atoms with Gasteiger partial charge in [-0.25, -0.2) is 8.42 Å². The molecule has 3 aromatic rings. The maximum Gasteiger partial charge on any atom is 0.257 e. The summed E-state index contributed by atoms with van der Waals surface area (Å²) in [6.07, 6.45) is 2.70. The first-order valence-electron chi connectivity index (χ1n) is 8.05. The molecule has 0 spiro atoms. The van der Waals surface area contributed by atoms with Gasteiger partial charge in [-0.3, -0.25) is 9.78 Å². The van der Waals surface area contributed by atoms with E-state index in [1.807, 2.05) is 6.07 Å². The Kier molecular flexibility index (Phi) is 5.45. The number of nitrogens with zero attached hydrogens (tertiary/aromatic N) is 2. The van der Waals surface area contributed by atoms with Crippen LogP contribution in [0.4, 0.5) is 5.69 Å². The van der Waals surface area contributed by atoms with Crippen molar-refractivity contribution in [2.45, 2.75) is 4.90 Å². The number of carbonyl (C=O) groups is 1. The zero-order valence-corrected chi connectivity index (χ0v) is 16.3. The maximum atomic E-state index is 12.6. The molecule has 0 saturated carbocycles. The number of anilines is 1. The second-order valence-corrected chi connectivity index (χ2v) is 8.42. The van der Waals surface area contributed by atoms with E-state index in [1.54, 1.807) is 30.5 Å². The second kappa shape index (κ2) is 7.80. The molecule has 0 atom stereocenters. The van der Waals surface area contributed by atoms with Gasteiger partial charge in [0.15, 0.2) is 9.84 Å². The third kappa shape index (κ3) is 4.36. The normalized spacial score (nSPS) is 10.9. The summed E-state index contributed by atoms with van der Waals surface area (Å²) in [6.45, 7) is 0. The lowest BCUT2D eigenvalue weighted by atomic mass is 10.1. The molecule has 1 amide bonds. The minimum absolute atomic E-state index is 0.0156. The summed E-state index contributed by atoms with van der Waals surface area (Å²) in [6, 6.07) is 16.3. The van der Waals surface area contributed by atoms with Gasteiger partial charge in [0.25, 0.3) is 5.91 Å². The van der Waals surface area contributed by atoms with E-state index in [0.29, 0.717) is 22.5 Å². The molecular weight excluding hydrogens is 398 g/mol. The molecule has 0 aliphatic heterocycles. The highest BCUT2D eigenvalue weighted by atomic mass is 35.5. The molecule has 3 rings (SSSR count). The molecule has 0 radical (unpaired) electrons. The maximum absolute atomic E-state index is 12.6. The van der Waals surface area contributed by atoms with Gasteiger partial charge in [0.2, 0.25) is 0 Å². The van der Waals surface area contributed by atoms with Crippen LogP contribution in [-0.4, -0.2) is 25.6 Å². The lowest BCUT2D eigenvalue weighted by Crippen LogP contribution is -2.13. The molecule has 0 aliphatic carbocycles. The Morgan fingerprint density at radius 1 is 1.14 bits per heavy atom. The van der Waals surface area contributed by atoms with Gasteiger partial charge in [0.05, 0.1) is 32.8 Å². The highest BCUT2D eigenvalue weighted by Crippen LogP contribution is 2.25. The second-order valence-electron chi connectivity index (χ2n) is 5.99. The Morgan fingerprint density at radius 2 is 1.93 bits per heavy atom. The summed E-state index contributed by atoms with van der Waals surface area (Å²) in [5, 5.41) is 12.0. The predicted octanol–water partition coefficient (Wildman–Crippen LogP) is 3.93. The Balaban J connectivity index is 1.94. The Bertz CT molecular complexity index is 1200. The summed E-state index contributed by atoms with van der Waals surface area (Å²) in [5.74, 6) is -0.521. The van der Waals surface area contributed by atoms with E-state index in [-0.39, 0.29) is 15.5 Å². The Labute approximate surface area is 167 Å². The van der Waals surface area contributed by atoms with Crippen molar-refractivity contribution in [1.82, 2.24) is 4.98 Å². The van der Waals surface area contributed by atoms with Crippen LogP contribution in [0.25, 0.3) is 11.3 Å². The highest BCUT2D eigenvalue weighted by Gasteiger charge is 2.15. The molecule has 0 aliphatic rings. The van der Waals surface area contributed by atoms with E-state index in [0.717, 1.165) is 6.26 Å². The number of sulfone groups is 1. The van der Waals surface area contributed by atoms with Crippen molar-refractivity contribution < 1.29 is 13.2 Å². The number of amides is 1. The van der Waals surface area contributed by atoms with Crippen molar-refractivity contribution >= 4 is 33.0 Å². The molecule has 2 aromatic carbocycles. The van der Waals surface area contributed by atoms with Crippen molar-refractivity contribution in [2.75, 3.05) is 11.6 Å². The topological polar surface area (TPSA) is 99.9 Å². The van der Waals surface area contributed by atoms with E-state index in [2.05, 4.69) is 16.4 Å². The number of benzene rings is 2. The van der Waals surface area contributed by atoms with Crippen molar-refractivity contribution in [3.63, 3.8) is 0 Å². The van der Waals surface area contributed by atoms with Crippen LogP contribution in [0, 0.1) is 11.3 Å². The van der Waals surface area contributed by atoms with Gasteiger partial charge in [-0.1, -0.05) is 17.7 Å². The lowest BCUT2D eigenvalue weighted by molar-refractivity contribution is 0.102. The summed E-state index contributed by atoms with van der Waals surface area (Å²) in [7, 11) is -3.43. The fraction of sp³-hybridized carbons (Fsp3) is 0.0500. The van der Waals surface area contributed by atoms with Crippen LogP contribution in [0.5, 0.6) is 0 Å². The van der Waals surface area contributed by atoms with Gasteiger partial charge in [0.1, 0.15) is 0 Å². The fourth-order valence-electron chi connectivity index (χ4n) is 2.55. The number of hydrogen-bond donors (Lipinski definition) is 1. The number of carbonyl (C=O) groups excluding carboxylic acids is 1. The molecule has 0 unspecified atom stereocenters. The smallest absolute Gasteiger partial charge is 0.257 e. The van der Waals surface area contributed by atoms with Gasteiger partial charge in [-0.2, -0.15) is 5.26 Å². The van der Waals surface area contributed by atoms with Gasteiger partial charge >= 0.3 is 0 Å². The SMILES string of the molecule is CS(=O)(=O)c1ccc(C(=O)Nc2cc(C#N)cc(-c3ccccn3)c2)c(Cl)c1. The molecule has 28 heavy (non-hydrogen) atoms. The van der Waals surface area contributed by atoms with Crippen molar-refractivity contribution in [3.8, 4) is 17.3 Å². The zero-order valence-electron chi connectivity index (χ0n) is 14.7. The average molecular weight is 412 g/mol. The molecule has 0 bridgehead atoms. The molecule has 0 saturated heterocycles. The molecule has 0 fully saturated rings. The monoisotopic (exact) mass is 411 g/mol. The largest absolute Gasteiger partial charge is 0.322 e. The predicted molar refractivity (Wildman–Crippen MR) is 107 cm³/mol. The van der Waals surface area contributed by atoms with E-state index >= 15 is 0 Å². The van der Waals surface area contributed by atoms with Crippen LogP contribution < -0.4 is 5.32 Å². The van der Waals surface area contributed by atoms with Crippen LogP contribution in [0.2, 0.25) is 5.02 Å². The number of nitrogens with one attached hydrogen (secondary N) is 1. The lowest BCUT2D eigenvalue weighted by Gasteiger charge is -2.10. The van der Waals surface area contributed by atoms with E-state index in [1.165, 1.54) is 24.3 Å². The first-order valence-corrected chi connectivity index (χ1v) is 10.3. The number of nitriles is 1. The Hall–Kier alpha value is -3.21. The minimum atomic E-state index is -3.43. The summed E-state index contributed by atoms with van der Waals surface area (Å²) in [5.41, 5.74) is 2.21. The molecule has 1 N–H and O–H groups in total. The number of aromatic nitrogens is 1. The molecular formula is C20H14ClN3O3S. The first-order chi connectivity index (χ1) is 13.3.